The summed E-state index contributed by atoms with van der Waals surface area (Å²) in [4.78, 5) is 62.0. The third kappa shape index (κ3) is 13.7. The second-order valence-electron chi connectivity index (χ2n) is 9.39. The molecule has 0 aromatic heterocycles. The van der Waals surface area contributed by atoms with Gasteiger partial charge in [-0.2, -0.15) is 0 Å². The minimum Gasteiger partial charge on any atom is -0.480 e. The van der Waals surface area contributed by atoms with E-state index in [1.54, 1.807) is 0 Å². The topological polar surface area (TPSA) is 246 Å². The van der Waals surface area contributed by atoms with Gasteiger partial charge in [0.1, 0.15) is 18.1 Å². The molecule has 39 heavy (non-hydrogen) atoms. The maximum atomic E-state index is 13.2. The molecule has 1 rings (SSSR count). The van der Waals surface area contributed by atoms with Crippen LogP contribution < -0.4 is 38.9 Å². The fraction of sp³-hybridized carbons (Fsp3) is 0.577. The average Bonchev–Trinajstić information content (AvgIpc) is 2.90. The van der Waals surface area contributed by atoms with Crippen molar-refractivity contribution in [3.63, 3.8) is 0 Å². The highest BCUT2D eigenvalue weighted by atomic mass is 16.4. The van der Waals surface area contributed by atoms with E-state index in [9.17, 15) is 29.1 Å². The first-order chi connectivity index (χ1) is 18.6. The number of aliphatic carboxylic acids is 1. The van der Waals surface area contributed by atoms with Crippen LogP contribution >= 0.6 is 0 Å². The number of rotatable bonds is 20. The van der Waals surface area contributed by atoms with Crippen LogP contribution in [0.15, 0.2) is 30.3 Å². The maximum Gasteiger partial charge on any atom is 0.326 e. The largest absolute Gasteiger partial charge is 0.480 e. The van der Waals surface area contributed by atoms with E-state index >= 15 is 0 Å². The van der Waals surface area contributed by atoms with Crippen LogP contribution in [0.2, 0.25) is 0 Å². The average molecular weight is 550 g/mol. The number of benzene rings is 1. The molecular formula is C26H43N7O6. The van der Waals surface area contributed by atoms with Gasteiger partial charge in [0, 0.05) is 6.42 Å². The molecule has 12 N–H and O–H groups in total. The molecule has 0 radical (unpaired) electrons. The van der Waals surface area contributed by atoms with Crippen LogP contribution in [0, 0.1) is 0 Å². The summed E-state index contributed by atoms with van der Waals surface area (Å²) in [5.74, 6) is -3.89. The van der Waals surface area contributed by atoms with Gasteiger partial charge in [-0.15, -0.1) is 0 Å². The molecular weight excluding hydrogens is 506 g/mol. The number of primary amides is 1. The third-order valence-electron chi connectivity index (χ3n) is 6.09. The summed E-state index contributed by atoms with van der Waals surface area (Å²) in [5, 5.41) is 17.1. The van der Waals surface area contributed by atoms with Gasteiger partial charge in [-0.1, -0.05) is 30.3 Å². The zero-order valence-corrected chi connectivity index (χ0v) is 22.3. The fourth-order valence-corrected chi connectivity index (χ4v) is 3.85. The standard InChI is InChI=1S/C26H43N7O6/c27-14-6-4-10-19(24(36)33-21(26(38)39)11-5-7-15-28)32-25(37)20(12-13-22(30)34)31-23(35)18(29)16-17-8-2-1-3-9-17/h1-3,8-9,18-21H,4-7,10-16,27-29H2,(H2,30,34)(H,31,35)(H,32,37)(H,33,36)(H,38,39). The number of hydrogen-bond donors (Lipinski definition) is 8. The Labute approximate surface area is 228 Å². The lowest BCUT2D eigenvalue weighted by Crippen LogP contribution is -2.57. The minimum absolute atomic E-state index is 0.112. The molecule has 4 unspecified atom stereocenters. The number of carbonyl (C=O) groups excluding carboxylic acids is 4. The summed E-state index contributed by atoms with van der Waals surface area (Å²) < 4.78 is 0. The minimum atomic E-state index is -1.20. The molecule has 0 aliphatic heterocycles. The molecule has 0 aliphatic carbocycles. The molecule has 0 fully saturated rings. The van der Waals surface area contributed by atoms with E-state index in [2.05, 4.69) is 16.0 Å². The Morgan fingerprint density at radius 2 is 1.21 bits per heavy atom. The second kappa shape index (κ2) is 18.7. The zero-order chi connectivity index (χ0) is 29.2. The van der Waals surface area contributed by atoms with E-state index in [0.717, 1.165) is 5.56 Å². The van der Waals surface area contributed by atoms with Crippen molar-refractivity contribution in [3.05, 3.63) is 35.9 Å². The number of carboxylic acids is 1. The van der Waals surface area contributed by atoms with Crippen molar-refractivity contribution in [3.8, 4) is 0 Å². The molecule has 0 aliphatic rings. The fourth-order valence-electron chi connectivity index (χ4n) is 3.85. The first-order valence-corrected chi connectivity index (χ1v) is 13.2. The lowest BCUT2D eigenvalue weighted by atomic mass is 10.0. The van der Waals surface area contributed by atoms with Gasteiger partial charge >= 0.3 is 5.97 Å². The van der Waals surface area contributed by atoms with Crippen LogP contribution in [0.1, 0.15) is 56.9 Å². The van der Waals surface area contributed by atoms with E-state index in [1.807, 2.05) is 30.3 Å². The van der Waals surface area contributed by atoms with E-state index < -0.39 is 53.8 Å². The first kappa shape index (κ1) is 33.5. The van der Waals surface area contributed by atoms with Crippen molar-refractivity contribution in [2.45, 2.75) is 82.0 Å². The highest BCUT2D eigenvalue weighted by molar-refractivity contribution is 5.94. The summed E-state index contributed by atoms with van der Waals surface area (Å²) in [6.45, 7) is 0.765. The number of hydrogen-bond acceptors (Lipinski definition) is 8. The Balaban J connectivity index is 2.98. The van der Waals surface area contributed by atoms with Gasteiger partial charge in [0.2, 0.25) is 23.6 Å². The predicted octanol–water partition coefficient (Wildman–Crippen LogP) is -1.38. The number of nitrogens with one attached hydrogen (secondary N) is 3. The van der Waals surface area contributed by atoms with Crippen LogP contribution in [-0.2, 0) is 30.4 Å². The summed E-state index contributed by atoms with van der Waals surface area (Å²) in [6.07, 6.45) is 2.45. The summed E-state index contributed by atoms with van der Waals surface area (Å²) in [6, 6.07) is 4.67. The summed E-state index contributed by atoms with van der Waals surface area (Å²) in [7, 11) is 0. The van der Waals surface area contributed by atoms with Gasteiger partial charge in [0.05, 0.1) is 6.04 Å². The van der Waals surface area contributed by atoms with Gasteiger partial charge in [0.15, 0.2) is 0 Å². The van der Waals surface area contributed by atoms with Crippen LogP contribution in [0.3, 0.4) is 0 Å². The molecule has 218 valence electrons. The van der Waals surface area contributed by atoms with Crippen molar-refractivity contribution < 1.29 is 29.1 Å². The first-order valence-electron chi connectivity index (χ1n) is 13.2. The Hall–Kier alpha value is -3.55. The van der Waals surface area contributed by atoms with Crippen molar-refractivity contribution in [2.75, 3.05) is 13.1 Å². The summed E-state index contributed by atoms with van der Waals surface area (Å²) in [5.41, 5.74) is 23.1. The molecule has 0 saturated carbocycles. The van der Waals surface area contributed by atoms with E-state index in [-0.39, 0.29) is 32.1 Å². The van der Waals surface area contributed by atoms with Crippen molar-refractivity contribution in [1.29, 1.82) is 0 Å². The quantitative estimate of drug-likeness (QED) is 0.0891. The molecule has 0 bridgehead atoms. The normalized spacial score (nSPS) is 13.9. The van der Waals surface area contributed by atoms with Gasteiger partial charge in [-0.25, -0.2) is 4.79 Å². The van der Waals surface area contributed by atoms with Crippen LogP contribution in [0.4, 0.5) is 0 Å². The van der Waals surface area contributed by atoms with Gasteiger partial charge < -0.3 is 44.0 Å². The lowest BCUT2D eigenvalue weighted by molar-refractivity contribution is -0.142. The zero-order valence-electron chi connectivity index (χ0n) is 22.3. The van der Waals surface area contributed by atoms with E-state index in [4.69, 9.17) is 22.9 Å². The molecule has 0 saturated heterocycles. The molecule has 4 amide bonds. The number of amides is 4. The highest BCUT2D eigenvalue weighted by Gasteiger charge is 2.30. The Kier molecular flexibility index (Phi) is 16.0. The molecule has 1 aromatic carbocycles. The Bertz CT molecular complexity index is 931. The second-order valence-corrected chi connectivity index (χ2v) is 9.39. The molecule has 4 atom stereocenters. The predicted molar refractivity (Wildman–Crippen MR) is 146 cm³/mol. The number of carbonyl (C=O) groups is 5. The van der Waals surface area contributed by atoms with Gasteiger partial charge in [-0.3, -0.25) is 19.2 Å². The molecule has 0 spiro atoms. The lowest BCUT2D eigenvalue weighted by Gasteiger charge is -2.25. The molecule has 1 aromatic rings. The Morgan fingerprint density at radius 3 is 1.72 bits per heavy atom. The smallest absolute Gasteiger partial charge is 0.326 e. The summed E-state index contributed by atoms with van der Waals surface area (Å²) >= 11 is 0. The number of unbranched alkanes of at least 4 members (excludes halogenated alkanes) is 2. The van der Waals surface area contributed by atoms with Crippen LogP contribution in [0.5, 0.6) is 0 Å². The van der Waals surface area contributed by atoms with Crippen molar-refractivity contribution >= 4 is 29.6 Å². The van der Waals surface area contributed by atoms with Crippen molar-refractivity contribution in [1.82, 2.24) is 16.0 Å². The van der Waals surface area contributed by atoms with Crippen LogP contribution in [0.25, 0.3) is 0 Å². The van der Waals surface area contributed by atoms with Gasteiger partial charge in [-0.05, 0) is 70.0 Å². The van der Waals surface area contributed by atoms with Gasteiger partial charge in [0.25, 0.3) is 0 Å². The SMILES string of the molecule is NCCCCC(NC(=O)C(CCCCN)NC(=O)C(CCC(N)=O)NC(=O)C(N)Cc1ccccc1)C(=O)O. The third-order valence-corrected chi connectivity index (χ3v) is 6.09. The molecule has 13 heteroatoms. The number of nitrogens with two attached hydrogens (primary N) is 4. The van der Waals surface area contributed by atoms with Crippen LogP contribution in [-0.4, -0.2) is 72.0 Å². The van der Waals surface area contributed by atoms with E-state index in [1.165, 1.54) is 0 Å². The maximum absolute atomic E-state index is 13.2. The molecule has 0 heterocycles. The highest BCUT2D eigenvalue weighted by Crippen LogP contribution is 2.08. The molecule has 13 nitrogen and oxygen atoms in total. The number of carboxylic acid groups (broad SMARTS) is 1. The van der Waals surface area contributed by atoms with E-state index in [0.29, 0.717) is 38.8 Å². The van der Waals surface area contributed by atoms with Crippen molar-refractivity contribution in [2.24, 2.45) is 22.9 Å². The monoisotopic (exact) mass is 549 g/mol. The Morgan fingerprint density at radius 1 is 0.718 bits per heavy atom.